The van der Waals surface area contributed by atoms with Gasteiger partial charge in [0.05, 0.1) is 5.69 Å². The molecule has 0 aliphatic carbocycles. The number of nitrogens with one attached hydrogen (secondary N) is 1. The maximum atomic E-state index is 4.20. The zero-order valence-electron chi connectivity index (χ0n) is 5.91. The summed E-state index contributed by atoms with van der Waals surface area (Å²) < 4.78 is 0. The lowest BCUT2D eigenvalue weighted by Gasteiger charge is -1.90. The van der Waals surface area contributed by atoms with Gasteiger partial charge in [-0.3, -0.25) is 4.98 Å². The van der Waals surface area contributed by atoms with Crippen LogP contribution in [0, 0.1) is 0 Å². The average molecular weight is 193 g/mol. The number of halogens is 2. The van der Waals surface area contributed by atoms with Crippen LogP contribution in [0.5, 0.6) is 0 Å². The van der Waals surface area contributed by atoms with Gasteiger partial charge in [-0.05, 0) is 11.6 Å². The fourth-order valence-corrected chi connectivity index (χ4v) is 1.11. The van der Waals surface area contributed by atoms with Crippen LogP contribution in [0.25, 0.3) is 0 Å². The van der Waals surface area contributed by atoms with E-state index in [0.29, 0.717) is 0 Å². The van der Waals surface area contributed by atoms with E-state index in [1.807, 2.05) is 12.3 Å². The van der Waals surface area contributed by atoms with Gasteiger partial charge in [0, 0.05) is 19.3 Å². The van der Waals surface area contributed by atoms with Crippen LogP contribution in [0.2, 0.25) is 0 Å². The molecule has 0 amide bonds. The zero-order chi connectivity index (χ0) is 6.10. The molecule has 1 N–H and O–H groups in total. The van der Waals surface area contributed by atoms with Crippen LogP contribution in [0.3, 0.4) is 0 Å². The van der Waals surface area contributed by atoms with E-state index in [9.17, 15) is 0 Å². The fourth-order valence-electron chi connectivity index (χ4n) is 1.11. The van der Waals surface area contributed by atoms with Gasteiger partial charge >= 0.3 is 0 Å². The minimum Gasteiger partial charge on any atom is -0.307 e. The lowest BCUT2D eigenvalue weighted by molar-refractivity contribution is 0.757. The zero-order valence-corrected chi connectivity index (χ0v) is 7.54. The minimum atomic E-state index is 0. The average Bonchev–Trinajstić information content (AvgIpc) is 2.33. The summed E-state index contributed by atoms with van der Waals surface area (Å²) in [6.45, 7) is 1.93. The van der Waals surface area contributed by atoms with Crippen LogP contribution in [0.4, 0.5) is 0 Å². The molecule has 0 radical (unpaired) electrons. The molecule has 0 atom stereocenters. The third kappa shape index (κ3) is 2.06. The molecule has 0 bridgehead atoms. The monoisotopic (exact) mass is 192 g/mol. The highest BCUT2D eigenvalue weighted by molar-refractivity contribution is 5.85. The molecule has 2 heterocycles. The van der Waals surface area contributed by atoms with Crippen LogP contribution in [0.15, 0.2) is 18.3 Å². The Bertz CT molecular complexity index is 204. The van der Waals surface area contributed by atoms with Crippen LogP contribution in [-0.4, -0.2) is 4.98 Å². The summed E-state index contributed by atoms with van der Waals surface area (Å²) in [6.07, 6.45) is 1.84. The molecule has 2 rings (SSSR count). The van der Waals surface area contributed by atoms with E-state index in [0.717, 1.165) is 13.1 Å². The van der Waals surface area contributed by atoms with Gasteiger partial charge in [0.2, 0.25) is 0 Å². The third-order valence-corrected chi connectivity index (χ3v) is 1.59. The van der Waals surface area contributed by atoms with Crippen LogP contribution in [-0.2, 0) is 13.1 Å². The Morgan fingerprint density at radius 1 is 1.27 bits per heavy atom. The van der Waals surface area contributed by atoms with Gasteiger partial charge in [0.1, 0.15) is 0 Å². The third-order valence-electron chi connectivity index (χ3n) is 1.59. The largest absolute Gasteiger partial charge is 0.307 e. The number of nitrogens with zero attached hydrogens (tertiary/aromatic N) is 1. The van der Waals surface area contributed by atoms with Crippen molar-refractivity contribution in [2.45, 2.75) is 13.1 Å². The van der Waals surface area contributed by atoms with Gasteiger partial charge in [-0.15, -0.1) is 24.8 Å². The molecule has 1 aromatic rings. The molecule has 0 fully saturated rings. The van der Waals surface area contributed by atoms with Crippen LogP contribution in [0.1, 0.15) is 11.3 Å². The van der Waals surface area contributed by atoms with E-state index < -0.39 is 0 Å². The second-order valence-electron chi connectivity index (χ2n) is 2.21. The Labute approximate surface area is 78.2 Å². The smallest absolute Gasteiger partial charge is 0.0586 e. The Balaban J connectivity index is 0.000000500. The summed E-state index contributed by atoms with van der Waals surface area (Å²) in [5.74, 6) is 0. The molecule has 1 aromatic heterocycles. The predicted molar refractivity (Wildman–Crippen MR) is 49.3 cm³/mol. The highest BCUT2D eigenvalue weighted by Crippen LogP contribution is 2.09. The van der Waals surface area contributed by atoms with Crippen molar-refractivity contribution < 1.29 is 0 Å². The Hall–Kier alpha value is -0.310. The van der Waals surface area contributed by atoms with Crippen molar-refractivity contribution in [2.75, 3.05) is 0 Å². The van der Waals surface area contributed by atoms with Crippen molar-refractivity contribution >= 4 is 24.8 Å². The molecule has 0 spiro atoms. The van der Waals surface area contributed by atoms with Crippen molar-refractivity contribution in [2.24, 2.45) is 0 Å². The molecule has 1 aliphatic rings. The van der Waals surface area contributed by atoms with Crippen LogP contribution < -0.4 is 5.32 Å². The highest BCUT2D eigenvalue weighted by atomic mass is 35.5. The van der Waals surface area contributed by atoms with E-state index in [1.54, 1.807) is 0 Å². The molecule has 0 unspecified atom stereocenters. The van der Waals surface area contributed by atoms with E-state index >= 15 is 0 Å². The summed E-state index contributed by atoms with van der Waals surface area (Å²) in [7, 11) is 0. The molecule has 11 heavy (non-hydrogen) atoms. The molecular weight excluding hydrogens is 183 g/mol. The van der Waals surface area contributed by atoms with Crippen molar-refractivity contribution in [1.82, 2.24) is 10.3 Å². The van der Waals surface area contributed by atoms with E-state index in [2.05, 4.69) is 16.4 Å². The van der Waals surface area contributed by atoms with Gasteiger partial charge in [-0.2, -0.15) is 0 Å². The van der Waals surface area contributed by atoms with Gasteiger partial charge in [-0.1, -0.05) is 6.07 Å². The van der Waals surface area contributed by atoms with E-state index in [4.69, 9.17) is 0 Å². The summed E-state index contributed by atoms with van der Waals surface area (Å²) in [5, 5.41) is 3.23. The predicted octanol–water partition coefficient (Wildman–Crippen LogP) is 1.53. The minimum absolute atomic E-state index is 0. The summed E-state index contributed by atoms with van der Waals surface area (Å²) >= 11 is 0. The van der Waals surface area contributed by atoms with E-state index in [1.165, 1.54) is 11.3 Å². The lowest BCUT2D eigenvalue weighted by Crippen LogP contribution is -2.00. The van der Waals surface area contributed by atoms with Gasteiger partial charge in [0.25, 0.3) is 0 Å². The number of fused-ring (bicyclic) bond motifs is 1. The van der Waals surface area contributed by atoms with Gasteiger partial charge < -0.3 is 5.32 Å². The molecule has 0 saturated heterocycles. The van der Waals surface area contributed by atoms with Gasteiger partial charge in [-0.25, -0.2) is 0 Å². The Morgan fingerprint density at radius 2 is 2.09 bits per heavy atom. The summed E-state index contributed by atoms with van der Waals surface area (Å²) in [4.78, 5) is 4.20. The second-order valence-corrected chi connectivity index (χ2v) is 2.21. The lowest BCUT2D eigenvalue weighted by atomic mass is 10.2. The highest BCUT2D eigenvalue weighted by Gasteiger charge is 2.07. The fraction of sp³-hybridized carbons (Fsp3) is 0.286. The number of hydrogen-bond donors (Lipinski definition) is 1. The maximum absolute atomic E-state index is 4.20. The molecule has 4 heteroatoms. The molecule has 2 nitrogen and oxygen atoms in total. The quantitative estimate of drug-likeness (QED) is 0.675. The first-order chi connectivity index (χ1) is 4.47. The topological polar surface area (TPSA) is 24.9 Å². The van der Waals surface area contributed by atoms with E-state index in [-0.39, 0.29) is 24.8 Å². The number of pyridine rings is 1. The van der Waals surface area contributed by atoms with Gasteiger partial charge in [0.15, 0.2) is 0 Å². The molecule has 62 valence electrons. The Morgan fingerprint density at radius 3 is 2.82 bits per heavy atom. The van der Waals surface area contributed by atoms with Crippen molar-refractivity contribution in [3.05, 3.63) is 29.6 Å². The van der Waals surface area contributed by atoms with Crippen molar-refractivity contribution in [1.29, 1.82) is 0 Å². The van der Waals surface area contributed by atoms with Crippen molar-refractivity contribution in [3.8, 4) is 0 Å². The first-order valence-electron chi connectivity index (χ1n) is 3.10. The molecular formula is C7H10Cl2N2. The Kier molecular flexibility index (Phi) is 4.42. The SMILES string of the molecule is Cl.Cl.c1cnc2c(c1)CNC2. The second kappa shape index (κ2) is 4.54. The number of aromatic nitrogens is 1. The summed E-state index contributed by atoms with van der Waals surface area (Å²) in [6, 6.07) is 4.09. The number of hydrogen-bond acceptors (Lipinski definition) is 2. The summed E-state index contributed by atoms with van der Waals surface area (Å²) in [5.41, 5.74) is 2.55. The number of rotatable bonds is 0. The molecule has 1 aliphatic heterocycles. The molecule has 0 aromatic carbocycles. The molecule has 0 saturated carbocycles. The maximum Gasteiger partial charge on any atom is 0.0586 e. The van der Waals surface area contributed by atoms with Crippen molar-refractivity contribution in [3.63, 3.8) is 0 Å². The first kappa shape index (κ1) is 10.7. The van der Waals surface area contributed by atoms with Crippen LogP contribution >= 0.6 is 24.8 Å². The normalized spacial score (nSPS) is 12.7. The standard InChI is InChI=1S/C7H8N2.2ClH/c1-2-6-4-8-5-7(6)9-3-1;;/h1-3,8H,4-5H2;2*1H. The first-order valence-corrected chi connectivity index (χ1v) is 3.10.